The molecule has 0 atom stereocenters. The third-order valence-corrected chi connectivity index (χ3v) is 4.56. The van der Waals surface area contributed by atoms with E-state index < -0.39 is 0 Å². The predicted octanol–water partition coefficient (Wildman–Crippen LogP) is 4.07. The van der Waals surface area contributed by atoms with Crippen molar-refractivity contribution in [2.45, 2.75) is 18.4 Å². The molecule has 0 aliphatic heterocycles. The molecule has 0 radical (unpaired) electrons. The summed E-state index contributed by atoms with van der Waals surface area (Å²) in [4.78, 5) is 11.8. The zero-order valence-corrected chi connectivity index (χ0v) is 13.7. The first kappa shape index (κ1) is 15.6. The number of benzene rings is 2. The number of H-pyrrole nitrogens is 1. The molecule has 3 aromatic rings. The van der Waals surface area contributed by atoms with E-state index in [2.05, 4.69) is 46.6 Å². The molecule has 118 valence electrons. The van der Waals surface area contributed by atoms with E-state index in [1.165, 1.54) is 22.5 Å². The molecule has 0 unspecified atom stereocenters. The van der Waals surface area contributed by atoms with Gasteiger partial charge in [-0.1, -0.05) is 42.5 Å². The molecule has 0 amide bonds. The van der Waals surface area contributed by atoms with E-state index in [0.717, 1.165) is 17.2 Å². The van der Waals surface area contributed by atoms with Gasteiger partial charge in [-0.05, 0) is 29.7 Å². The summed E-state index contributed by atoms with van der Waals surface area (Å²) in [6.45, 7) is 2.16. The van der Waals surface area contributed by atoms with Crippen molar-refractivity contribution in [1.82, 2.24) is 10.2 Å². The first-order valence-electron chi connectivity index (χ1n) is 7.59. The largest absolute Gasteiger partial charge is 0.462 e. The molecule has 0 saturated carbocycles. The summed E-state index contributed by atoms with van der Waals surface area (Å²) in [5, 5.41) is 10.1. The quantitative estimate of drug-likeness (QED) is 0.548. The van der Waals surface area contributed by atoms with E-state index in [1.807, 2.05) is 6.07 Å². The van der Waals surface area contributed by atoms with E-state index >= 15 is 0 Å². The molecule has 2 aromatic carbocycles. The lowest BCUT2D eigenvalue weighted by atomic mass is 10.1. The van der Waals surface area contributed by atoms with Crippen LogP contribution in [0.5, 0.6) is 0 Å². The van der Waals surface area contributed by atoms with E-state index in [1.54, 1.807) is 18.7 Å². The van der Waals surface area contributed by atoms with Crippen LogP contribution in [0.2, 0.25) is 0 Å². The summed E-state index contributed by atoms with van der Waals surface area (Å²) in [7, 11) is 0. The van der Waals surface area contributed by atoms with E-state index in [4.69, 9.17) is 4.74 Å². The van der Waals surface area contributed by atoms with Crippen molar-refractivity contribution in [3.8, 4) is 0 Å². The number of aromatic amines is 1. The van der Waals surface area contributed by atoms with Gasteiger partial charge in [-0.2, -0.15) is 5.10 Å². The molecule has 0 fully saturated rings. The number of aromatic nitrogens is 2. The summed E-state index contributed by atoms with van der Waals surface area (Å²) < 4.78 is 5.03. The highest BCUT2D eigenvalue weighted by Gasteiger charge is 2.14. The molecule has 0 bridgehead atoms. The zero-order chi connectivity index (χ0) is 16.1. The van der Waals surface area contributed by atoms with Crippen LogP contribution >= 0.6 is 11.8 Å². The normalized spacial score (nSPS) is 10.8. The van der Waals surface area contributed by atoms with Gasteiger partial charge < -0.3 is 4.74 Å². The Morgan fingerprint density at radius 1 is 1.22 bits per heavy atom. The molecular weight excluding hydrogens is 308 g/mol. The fraction of sp³-hybridized carbons (Fsp3) is 0.222. The second kappa shape index (κ2) is 7.33. The number of rotatable bonds is 6. The number of fused-ring (bicyclic) bond motifs is 1. The van der Waals surface area contributed by atoms with Crippen LogP contribution in [-0.2, 0) is 11.2 Å². The molecule has 1 heterocycles. The second-order valence-electron chi connectivity index (χ2n) is 5.11. The fourth-order valence-corrected chi connectivity index (χ4v) is 3.35. The predicted molar refractivity (Wildman–Crippen MR) is 92.9 cm³/mol. The van der Waals surface area contributed by atoms with Gasteiger partial charge in [0.15, 0.2) is 0 Å². The van der Waals surface area contributed by atoms with Crippen LogP contribution in [0.1, 0.15) is 22.8 Å². The lowest BCUT2D eigenvalue weighted by Gasteiger charge is -2.05. The van der Waals surface area contributed by atoms with Gasteiger partial charge in [-0.15, -0.1) is 11.8 Å². The van der Waals surface area contributed by atoms with E-state index in [9.17, 15) is 4.79 Å². The summed E-state index contributed by atoms with van der Waals surface area (Å²) in [5.41, 5.74) is 1.80. The van der Waals surface area contributed by atoms with Crippen LogP contribution in [0.4, 0.5) is 0 Å². The Balaban J connectivity index is 1.63. The Kier molecular flexibility index (Phi) is 4.98. The average molecular weight is 326 g/mol. The van der Waals surface area contributed by atoms with Gasteiger partial charge >= 0.3 is 5.97 Å². The number of hydrogen-bond acceptors (Lipinski definition) is 4. The number of hydrogen-bond donors (Lipinski definition) is 1. The van der Waals surface area contributed by atoms with Gasteiger partial charge in [-0.3, -0.25) is 5.10 Å². The molecule has 0 saturated heterocycles. The first-order chi connectivity index (χ1) is 11.3. The maximum absolute atomic E-state index is 11.8. The lowest BCUT2D eigenvalue weighted by Crippen LogP contribution is -2.04. The van der Waals surface area contributed by atoms with Crippen molar-refractivity contribution in [2.24, 2.45) is 0 Å². The Morgan fingerprint density at radius 3 is 2.87 bits per heavy atom. The van der Waals surface area contributed by atoms with Crippen molar-refractivity contribution >= 4 is 28.5 Å². The SMILES string of the molecule is CCOC(=O)c1cn[nH]c1SCCc1ccc2ccccc2c1. The van der Waals surface area contributed by atoms with Crippen LogP contribution in [0.3, 0.4) is 0 Å². The number of nitrogens with zero attached hydrogens (tertiary/aromatic N) is 1. The summed E-state index contributed by atoms with van der Waals surface area (Å²) in [6, 6.07) is 14.9. The summed E-state index contributed by atoms with van der Waals surface area (Å²) >= 11 is 1.59. The summed E-state index contributed by atoms with van der Waals surface area (Å²) in [5.74, 6) is 0.543. The third-order valence-electron chi connectivity index (χ3n) is 3.55. The van der Waals surface area contributed by atoms with Crippen LogP contribution in [0.25, 0.3) is 10.8 Å². The minimum Gasteiger partial charge on any atom is -0.462 e. The molecule has 3 rings (SSSR count). The highest BCUT2D eigenvalue weighted by atomic mass is 32.2. The molecule has 4 nitrogen and oxygen atoms in total. The summed E-state index contributed by atoms with van der Waals surface area (Å²) in [6.07, 6.45) is 2.45. The van der Waals surface area contributed by atoms with E-state index in [-0.39, 0.29) is 5.97 Å². The van der Waals surface area contributed by atoms with Gasteiger partial charge in [0.25, 0.3) is 0 Å². The minimum atomic E-state index is -0.325. The number of carbonyl (C=O) groups excluding carboxylic acids is 1. The van der Waals surface area contributed by atoms with Crippen molar-refractivity contribution in [3.05, 3.63) is 59.8 Å². The first-order valence-corrected chi connectivity index (χ1v) is 8.57. The topological polar surface area (TPSA) is 55.0 Å². The minimum absolute atomic E-state index is 0.325. The zero-order valence-electron chi connectivity index (χ0n) is 12.9. The van der Waals surface area contributed by atoms with Crippen molar-refractivity contribution in [1.29, 1.82) is 0 Å². The molecule has 5 heteroatoms. The molecule has 23 heavy (non-hydrogen) atoms. The van der Waals surface area contributed by atoms with Crippen LogP contribution in [-0.4, -0.2) is 28.5 Å². The van der Waals surface area contributed by atoms with Crippen molar-refractivity contribution < 1.29 is 9.53 Å². The molecule has 1 N–H and O–H groups in total. The number of thioether (sulfide) groups is 1. The monoisotopic (exact) mass is 326 g/mol. The van der Waals surface area contributed by atoms with Crippen molar-refractivity contribution in [3.63, 3.8) is 0 Å². The number of nitrogens with one attached hydrogen (secondary N) is 1. The van der Waals surface area contributed by atoms with Gasteiger partial charge in [0, 0.05) is 5.75 Å². The molecular formula is C18H18N2O2S. The lowest BCUT2D eigenvalue weighted by molar-refractivity contribution is 0.0522. The highest BCUT2D eigenvalue weighted by Crippen LogP contribution is 2.23. The molecule has 0 aliphatic carbocycles. The standard InChI is InChI=1S/C18H18N2O2S/c1-2-22-18(21)16-12-19-20-17(16)23-10-9-13-7-8-14-5-3-4-6-15(14)11-13/h3-8,11-12H,2,9-10H2,1H3,(H,19,20). The van der Waals surface area contributed by atoms with Gasteiger partial charge in [0.2, 0.25) is 0 Å². The highest BCUT2D eigenvalue weighted by molar-refractivity contribution is 7.99. The maximum Gasteiger partial charge on any atom is 0.342 e. The molecule has 1 aromatic heterocycles. The number of ether oxygens (including phenoxy) is 1. The van der Waals surface area contributed by atoms with E-state index in [0.29, 0.717) is 12.2 Å². The smallest absolute Gasteiger partial charge is 0.342 e. The Morgan fingerprint density at radius 2 is 2.04 bits per heavy atom. The Bertz CT molecular complexity index is 813. The van der Waals surface area contributed by atoms with Gasteiger partial charge in [-0.25, -0.2) is 4.79 Å². The second-order valence-corrected chi connectivity index (χ2v) is 6.22. The fourth-order valence-electron chi connectivity index (χ4n) is 2.40. The average Bonchev–Trinajstić information content (AvgIpc) is 3.03. The molecule has 0 aliphatic rings. The van der Waals surface area contributed by atoms with Crippen LogP contribution < -0.4 is 0 Å². The van der Waals surface area contributed by atoms with Gasteiger partial charge in [0.1, 0.15) is 10.6 Å². The number of esters is 1. The Labute approximate surface area is 139 Å². The van der Waals surface area contributed by atoms with Crippen LogP contribution in [0.15, 0.2) is 53.7 Å². The third kappa shape index (κ3) is 3.74. The number of carbonyl (C=O) groups is 1. The van der Waals surface area contributed by atoms with Gasteiger partial charge in [0.05, 0.1) is 12.8 Å². The molecule has 0 spiro atoms. The van der Waals surface area contributed by atoms with Crippen molar-refractivity contribution in [2.75, 3.05) is 12.4 Å². The maximum atomic E-state index is 11.8. The Hall–Kier alpha value is -2.27. The number of aryl methyl sites for hydroxylation is 1. The van der Waals surface area contributed by atoms with Crippen LogP contribution in [0, 0.1) is 0 Å².